The molecule has 0 unspecified atom stereocenters. The second-order valence-corrected chi connectivity index (χ2v) is 5.00. The van der Waals surface area contributed by atoms with Gasteiger partial charge in [0.1, 0.15) is 0 Å². The Balaban J connectivity index is 2.58. The molecule has 0 spiro atoms. The Morgan fingerprint density at radius 2 is 2.00 bits per heavy atom. The molecule has 0 aliphatic rings. The highest BCUT2D eigenvalue weighted by Crippen LogP contribution is 2.24. The third-order valence-electron chi connectivity index (χ3n) is 2.87. The highest BCUT2D eigenvalue weighted by Gasteiger charge is 2.13. The number of halogens is 1. The maximum Gasteiger partial charge on any atom is 0.335 e. The Bertz CT molecular complexity index is 632. The molecule has 0 saturated carbocycles. The predicted octanol–water partition coefficient (Wildman–Crippen LogP) is 3.26. The van der Waals surface area contributed by atoms with Crippen LogP contribution in [0.5, 0.6) is 0 Å². The zero-order valence-electron chi connectivity index (χ0n) is 10.4. The van der Waals surface area contributed by atoms with Crippen LogP contribution in [0, 0.1) is 20.8 Å². The average molecular weight is 309 g/mol. The summed E-state index contributed by atoms with van der Waals surface area (Å²) in [6.45, 7) is 5.77. The Hall–Kier alpha value is -1.62. The van der Waals surface area contributed by atoms with Gasteiger partial charge in [0.15, 0.2) is 0 Å². The molecule has 0 aliphatic heterocycles. The molecule has 5 heteroatoms. The van der Waals surface area contributed by atoms with Gasteiger partial charge in [-0.3, -0.25) is 0 Å². The minimum absolute atomic E-state index is 0.289. The zero-order valence-corrected chi connectivity index (χ0v) is 11.9. The monoisotopic (exact) mass is 308 g/mol. The fourth-order valence-electron chi connectivity index (χ4n) is 1.88. The second-order valence-electron chi connectivity index (χ2n) is 4.20. The smallest absolute Gasteiger partial charge is 0.335 e. The number of aromatic carboxylic acids is 1. The van der Waals surface area contributed by atoms with Crippen molar-refractivity contribution in [2.45, 2.75) is 20.8 Å². The maximum atomic E-state index is 10.9. The summed E-state index contributed by atoms with van der Waals surface area (Å²) >= 11 is 3.48. The first-order valence-electron chi connectivity index (χ1n) is 5.48. The van der Waals surface area contributed by atoms with Crippen LogP contribution in [-0.2, 0) is 0 Å². The van der Waals surface area contributed by atoms with Gasteiger partial charge in [0, 0.05) is 0 Å². The van der Waals surface area contributed by atoms with Crippen LogP contribution in [0.3, 0.4) is 0 Å². The van der Waals surface area contributed by atoms with Crippen LogP contribution >= 0.6 is 15.9 Å². The molecule has 2 aromatic rings. The minimum atomic E-state index is -0.917. The Labute approximate surface area is 113 Å². The van der Waals surface area contributed by atoms with Crippen molar-refractivity contribution < 1.29 is 9.90 Å². The van der Waals surface area contributed by atoms with E-state index in [1.807, 2.05) is 25.5 Å². The second kappa shape index (κ2) is 4.57. The Kier molecular flexibility index (Phi) is 3.26. The molecule has 0 aliphatic carbocycles. The van der Waals surface area contributed by atoms with E-state index in [0.717, 1.165) is 27.1 Å². The SMILES string of the molecule is Cc1cc(C(=O)O)ccc1-n1nc(C)c(Br)c1C. The van der Waals surface area contributed by atoms with E-state index >= 15 is 0 Å². The van der Waals surface area contributed by atoms with Crippen molar-refractivity contribution in [3.63, 3.8) is 0 Å². The van der Waals surface area contributed by atoms with Crippen molar-refractivity contribution >= 4 is 21.9 Å². The molecule has 2 rings (SSSR count). The lowest BCUT2D eigenvalue weighted by atomic mass is 10.1. The number of rotatable bonds is 2. The molecule has 0 bridgehead atoms. The zero-order chi connectivity index (χ0) is 13.4. The molecule has 0 radical (unpaired) electrons. The third-order valence-corrected chi connectivity index (χ3v) is 4.02. The lowest BCUT2D eigenvalue weighted by Gasteiger charge is -2.09. The van der Waals surface area contributed by atoms with Crippen molar-refractivity contribution in [1.82, 2.24) is 9.78 Å². The molecule has 1 heterocycles. The van der Waals surface area contributed by atoms with Crippen molar-refractivity contribution in [2.24, 2.45) is 0 Å². The van der Waals surface area contributed by atoms with Gasteiger partial charge in [-0.1, -0.05) is 0 Å². The molecular weight excluding hydrogens is 296 g/mol. The van der Waals surface area contributed by atoms with Crippen molar-refractivity contribution in [2.75, 3.05) is 0 Å². The van der Waals surface area contributed by atoms with E-state index in [1.54, 1.807) is 18.2 Å². The number of nitrogens with zero attached hydrogens (tertiary/aromatic N) is 2. The van der Waals surface area contributed by atoms with Gasteiger partial charge in [0.05, 0.1) is 27.1 Å². The number of aromatic nitrogens is 2. The first-order chi connectivity index (χ1) is 8.41. The fourth-order valence-corrected chi connectivity index (χ4v) is 2.13. The molecule has 94 valence electrons. The average Bonchev–Trinajstić information content (AvgIpc) is 2.57. The van der Waals surface area contributed by atoms with Crippen LogP contribution in [0.2, 0.25) is 0 Å². The van der Waals surface area contributed by atoms with Crippen LogP contribution in [0.15, 0.2) is 22.7 Å². The van der Waals surface area contributed by atoms with Crippen molar-refractivity contribution in [3.8, 4) is 5.69 Å². The third kappa shape index (κ3) is 2.06. The van der Waals surface area contributed by atoms with Crippen molar-refractivity contribution in [3.05, 3.63) is 45.2 Å². The number of hydrogen-bond acceptors (Lipinski definition) is 2. The van der Waals surface area contributed by atoms with E-state index in [2.05, 4.69) is 21.0 Å². The van der Waals surface area contributed by atoms with Crippen LogP contribution in [-0.4, -0.2) is 20.9 Å². The largest absolute Gasteiger partial charge is 0.478 e. The van der Waals surface area contributed by atoms with Crippen LogP contribution in [0.1, 0.15) is 27.3 Å². The highest BCUT2D eigenvalue weighted by molar-refractivity contribution is 9.10. The maximum absolute atomic E-state index is 10.9. The first kappa shape index (κ1) is 12.8. The van der Waals surface area contributed by atoms with E-state index in [1.165, 1.54) is 0 Å². The summed E-state index contributed by atoms with van der Waals surface area (Å²) in [6, 6.07) is 5.03. The number of hydrogen-bond donors (Lipinski definition) is 1. The number of carboxylic acids is 1. The van der Waals surface area contributed by atoms with Gasteiger partial charge in [0.2, 0.25) is 0 Å². The number of carboxylic acid groups (broad SMARTS) is 1. The topological polar surface area (TPSA) is 55.1 Å². The Morgan fingerprint density at radius 1 is 1.33 bits per heavy atom. The minimum Gasteiger partial charge on any atom is -0.478 e. The summed E-state index contributed by atoms with van der Waals surface area (Å²) < 4.78 is 2.80. The van der Waals surface area contributed by atoms with E-state index < -0.39 is 5.97 Å². The summed E-state index contributed by atoms with van der Waals surface area (Å²) in [4.78, 5) is 10.9. The van der Waals surface area contributed by atoms with E-state index in [0.29, 0.717) is 0 Å². The van der Waals surface area contributed by atoms with Gasteiger partial charge in [0.25, 0.3) is 0 Å². The number of aryl methyl sites for hydroxylation is 2. The molecule has 0 saturated heterocycles. The lowest BCUT2D eigenvalue weighted by Crippen LogP contribution is -2.04. The van der Waals surface area contributed by atoms with Gasteiger partial charge in [-0.05, 0) is 60.5 Å². The van der Waals surface area contributed by atoms with E-state index in [-0.39, 0.29) is 5.56 Å². The van der Waals surface area contributed by atoms with Crippen molar-refractivity contribution in [1.29, 1.82) is 0 Å². The van der Waals surface area contributed by atoms with E-state index in [9.17, 15) is 4.79 Å². The summed E-state index contributed by atoms with van der Waals surface area (Å²) in [5.74, 6) is -0.917. The highest BCUT2D eigenvalue weighted by atomic mass is 79.9. The molecule has 1 aromatic heterocycles. The number of benzene rings is 1. The molecular formula is C13H13BrN2O2. The van der Waals surface area contributed by atoms with E-state index in [4.69, 9.17) is 5.11 Å². The van der Waals surface area contributed by atoms with Crippen LogP contribution in [0.25, 0.3) is 5.69 Å². The predicted molar refractivity (Wildman–Crippen MR) is 72.4 cm³/mol. The number of carbonyl (C=O) groups is 1. The van der Waals surface area contributed by atoms with Crippen LogP contribution in [0.4, 0.5) is 0 Å². The molecule has 0 fully saturated rings. The fraction of sp³-hybridized carbons (Fsp3) is 0.231. The van der Waals surface area contributed by atoms with Gasteiger partial charge in [-0.25, -0.2) is 9.48 Å². The molecule has 4 nitrogen and oxygen atoms in total. The van der Waals surface area contributed by atoms with Gasteiger partial charge >= 0.3 is 5.97 Å². The Morgan fingerprint density at radius 3 is 2.44 bits per heavy atom. The van der Waals surface area contributed by atoms with Gasteiger partial charge < -0.3 is 5.11 Å². The van der Waals surface area contributed by atoms with Crippen LogP contribution < -0.4 is 0 Å². The molecule has 0 atom stereocenters. The summed E-state index contributed by atoms with van der Waals surface area (Å²) in [7, 11) is 0. The molecule has 0 amide bonds. The lowest BCUT2D eigenvalue weighted by molar-refractivity contribution is 0.0697. The standard InChI is InChI=1S/C13H13BrN2O2/c1-7-6-10(13(17)18)4-5-11(7)16-9(3)12(14)8(2)15-16/h4-6H,1-3H3,(H,17,18). The quantitative estimate of drug-likeness (QED) is 0.926. The summed E-state index contributed by atoms with van der Waals surface area (Å²) in [6.07, 6.45) is 0. The van der Waals surface area contributed by atoms with Gasteiger partial charge in [-0.15, -0.1) is 0 Å². The normalized spacial score (nSPS) is 10.7. The summed E-state index contributed by atoms with van der Waals surface area (Å²) in [5, 5.41) is 13.4. The first-order valence-corrected chi connectivity index (χ1v) is 6.27. The molecule has 1 aromatic carbocycles. The van der Waals surface area contributed by atoms with Gasteiger partial charge in [-0.2, -0.15) is 5.10 Å². The molecule has 18 heavy (non-hydrogen) atoms. The summed E-state index contributed by atoms with van der Waals surface area (Å²) in [5.41, 5.74) is 3.98. The molecule has 1 N–H and O–H groups in total.